The smallest absolute Gasteiger partial charge is 0.257 e. The summed E-state index contributed by atoms with van der Waals surface area (Å²) in [5.74, 6) is -2.86. The summed E-state index contributed by atoms with van der Waals surface area (Å²) in [7, 11) is 1.42. The van der Waals surface area contributed by atoms with Crippen LogP contribution in [-0.2, 0) is 4.79 Å². The van der Waals surface area contributed by atoms with Gasteiger partial charge in [0.2, 0.25) is 5.82 Å². The Bertz CT molecular complexity index is 385. The van der Waals surface area contributed by atoms with Gasteiger partial charge in [0.05, 0.1) is 0 Å². The van der Waals surface area contributed by atoms with Crippen LogP contribution in [0.4, 0.5) is 8.78 Å². The van der Waals surface area contributed by atoms with Crippen molar-refractivity contribution in [1.29, 1.82) is 0 Å². The van der Waals surface area contributed by atoms with Gasteiger partial charge in [-0.05, 0) is 12.1 Å². The molecule has 0 fully saturated rings. The fourth-order valence-electron chi connectivity index (χ4n) is 0.853. The topological polar surface area (TPSA) is 38.3 Å². The highest BCUT2D eigenvalue weighted by Crippen LogP contribution is 2.25. The van der Waals surface area contributed by atoms with Crippen LogP contribution < -0.4 is 10.1 Å². The van der Waals surface area contributed by atoms with Gasteiger partial charge in [0.15, 0.2) is 18.2 Å². The molecule has 0 unspecified atom stereocenters. The summed E-state index contributed by atoms with van der Waals surface area (Å²) in [5.41, 5.74) is 0. The molecule has 1 aromatic carbocycles. The zero-order valence-electron chi connectivity index (χ0n) is 7.81. The Hall–Kier alpha value is -1.17. The van der Waals surface area contributed by atoms with E-state index in [2.05, 4.69) is 21.2 Å². The Morgan fingerprint density at radius 1 is 1.53 bits per heavy atom. The minimum Gasteiger partial charge on any atom is -0.481 e. The maximum atomic E-state index is 13.1. The maximum absolute atomic E-state index is 13.1. The Morgan fingerprint density at radius 3 is 2.80 bits per heavy atom. The van der Waals surface area contributed by atoms with E-state index in [4.69, 9.17) is 4.74 Å². The van der Waals surface area contributed by atoms with Gasteiger partial charge in [0.25, 0.3) is 5.91 Å². The number of hydrogen-bond acceptors (Lipinski definition) is 2. The number of hydrogen-bond donors (Lipinski definition) is 1. The monoisotopic (exact) mass is 279 g/mol. The van der Waals surface area contributed by atoms with Crippen LogP contribution in [0.5, 0.6) is 5.75 Å². The van der Waals surface area contributed by atoms with Gasteiger partial charge in [-0.15, -0.1) is 0 Å². The van der Waals surface area contributed by atoms with Crippen LogP contribution in [0.15, 0.2) is 16.6 Å². The second kappa shape index (κ2) is 5.06. The lowest BCUT2D eigenvalue weighted by molar-refractivity contribution is -0.122. The second-order valence-electron chi connectivity index (χ2n) is 2.66. The van der Waals surface area contributed by atoms with E-state index >= 15 is 0 Å². The van der Waals surface area contributed by atoms with Crippen molar-refractivity contribution in [2.45, 2.75) is 0 Å². The summed E-state index contributed by atoms with van der Waals surface area (Å²) in [6, 6.07) is 2.23. The first-order chi connectivity index (χ1) is 7.04. The lowest BCUT2D eigenvalue weighted by atomic mass is 10.3. The first-order valence-electron chi connectivity index (χ1n) is 4.02. The predicted molar refractivity (Wildman–Crippen MR) is 53.6 cm³/mol. The van der Waals surface area contributed by atoms with E-state index in [0.717, 1.165) is 6.07 Å². The molecule has 1 amide bonds. The molecule has 0 aliphatic carbocycles. The van der Waals surface area contributed by atoms with Gasteiger partial charge in [0.1, 0.15) is 0 Å². The lowest BCUT2D eigenvalue weighted by Crippen LogP contribution is -2.25. The molecule has 0 saturated carbocycles. The largest absolute Gasteiger partial charge is 0.481 e. The van der Waals surface area contributed by atoms with Gasteiger partial charge in [-0.3, -0.25) is 4.79 Å². The van der Waals surface area contributed by atoms with E-state index < -0.39 is 17.5 Å². The quantitative estimate of drug-likeness (QED) is 0.858. The number of likely N-dealkylation sites (N-methyl/N-ethyl adjacent to an activating group) is 1. The lowest BCUT2D eigenvalue weighted by Gasteiger charge is -2.07. The molecular weight excluding hydrogens is 272 g/mol. The molecule has 1 N–H and O–H groups in total. The third-order valence-corrected chi connectivity index (χ3v) is 2.06. The molecule has 0 spiro atoms. The van der Waals surface area contributed by atoms with Gasteiger partial charge >= 0.3 is 0 Å². The molecule has 0 saturated heterocycles. The van der Waals surface area contributed by atoms with Crippen LogP contribution in [0.25, 0.3) is 0 Å². The first kappa shape index (κ1) is 11.9. The summed E-state index contributed by atoms with van der Waals surface area (Å²) >= 11 is 2.98. The number of carbonyl (C=O) groups excluding carboxylic acids is 1. The molecule has 0 aliphatic heterocycles. The van der Waals surface area contributed by atoms with Gasteiger partial charge < -0.3 is 10.1 Å². The van der Waals surface area contributed by atoms with Crippen LogP contribution in [-0.4, -0.2) is 19.6 Å². The molecule has 3 nitrogen and oxygen atoms in total. The van der Waals surface area contributed by atoms with Crippen molar-refractivity contribution in [3.05, 3.63) is 28.2 Å². The minimum atomic E-state index is -1.11. The molecule has 1 rings (SSSR count). The van der Waals surface area contributed by atoms with Crippen molar-refractivity contribution in [2.75, 3.05) is 13.7 Å². The molecule has 0 heterocycles. The molecule has 0 aromatic heterocycles. The van der Waals surface area contributed by atoms with Crippen LogP contribution >= 0.6 is 15.9 Å². The summed E-state index contributed by atoms with van der Waals surface area (Å²) in [4.78, 5) is 10.8. The Balaban J connectivity index is 2.81. The Labute approximate surface area is 93.5 Å². The van der Waals surface area contributed by atoms with E-state index in [0.29, 0.717) is 4.47 Å². The summed E-state index contributed by atoms with van der Waals surface area (Å²) in [6.45, 7) is -0.358. The number of ether oxygens (including phenoxy) is 1. The summed E-state index contributed by atoms with van der Waals surface area (Å²) in [5, 5.41) is 2.29. The molecule has 0 aliphatic rings. The van der Waals surface area contributed by atoms with E-state index in [1.165, 1.54) is 13.1 Å². The number of rotatable bonds is 3. The third-order valence-electron chi connectivity index (χ3n) is 1.60. The van der Waals surface area contributed by atoms with Crippen molar-refractivity contribution >= 4 is 21.8 Å². The van der Waals surface area contributed by atoms with Gasteiger partial charge in [-0.1, -0.05) is 15.9 Å². The van der Waals surface area contributed by atoms with E-state index in [-0.39, 0.29) is 12.4 Å². The van der Waals surface area contributed by atoms with Crippen molar-refractivity contribution in [1.82, 2.24) is 5.32 Å². The SMILES string of the molecule is CNC(=O)COc1cc(Br)cc(F)c1F. The van der Waals surface area contributed by atoms with E-state index in [1.54, 1.807) is 0 Å². The van der Waals surface area contributed by atoms with Crippen molar-refractivity contribution < 1.29 is 18.3 Å². The van der Waals surface area contributed by atoms with E-state index in [1.807, 2.05) is 0 Å². The number of amides is 1. The van der Waals surface area contributed by atoms with Crippen LogP contribution in [0.3, 0.4) is 0 Å². The zero-order valence-corrected chi connectivity index (χ0v) is 9.40. The van der Waals surface area contributed by atoms with Crippen LogP contribution in [0.2, 0.25) is 0 Å². The van der Waals surface area contributed by atoms with Crippen molar-refractivity contribution in [3.8, 4) is 5.75 Å². The first-order valence-corrected chi connectivity index (χ1v) is 4.82. The predicted octanol–water partition coefficient (Wildman–Crippen LogP) is 1.85. The maximum Gasteiger partial charge on any atom is 0.257 e. The average molecular weight is 280 g/mol. The summed E-state index contributed by atoms with van der Waals surface area (Å²) < 4.78 is 31.1. The molecule has 0 radical (unpaired) electrons. The molecule has 6 heteroatoms. The number of benzene rings is 1. The highest BCUT2D eigenvalue weighted by Gasteiger charge is 2.12. The zero-order chi connectivity index (χ0) is 11.4. The average Bonchev–Trinajstić information content (AvgIpc) is 2.20. The van der Waals surface area contributed by atoms with Crippen molar-refractivity contribution in [2.24, 2.45) is 0 Å². The van der Waals surface area contributed by atoms with Gasteiger partial charge in [-0.2, -0.15) is 4.39 Å². The van der Waals surface area contributed by atoms with Crippen molar-refractivity contribution in [3.63, 3.8) is 0 Å². The number of carbonyl (C=O) groups is 1. The molecular formula is C9H8BrF2NO2. The number of halogens is 3. The summed E-state index contributed by atoms with van der Waals surface area (Å²) in [6.07, 6.45) is 0. The standard InChI is InChI=1S/C9H8BrF2NO2/c1-13-8(14)4-15-7-3-5(10)2-6(11)9(7)12/h2-3H,4H2,1H3,(H,13,14). The molecule has 0 bridgehead atoms. The van der Waals surface area contributed by atoms with Gasteiger partial charge in [-0.25, -0.2) is 4.39 Å². The van der Waals surface area contributed by atoms with Crippen LogP contribution in [0.1, 0.15) is 0 Å². The molecule has 1 aromatic rings. The highest BCUT2D eigenvalue weighted by molar-refractivity contribution is 9.10. The fourth-order valence-corrected chi connectivity index (χ4v) is 1.26. The Morgan fingerprint density at radius 2 is 2.20 bits per heavy atom. The fraction of sp³-hybridized carbons (Fsp3) is 0.222. The molecule has 15 heavy (non-hydrogen) atoms. The molecule has 0 atom stereocenters. The molecule has 82 valence electrons. The Kier molecular flexibility index (Phi) is 4.02. The van der Waals surface area contributed by atoms with Crippen LogP contribution in [0, 0.1) is 11.6 Å². The minimum absolute atomic E-state index is 0.300. The van der Waals surface area contributed by atoms with Gasteiger partial charge in [0, 0.05) is 11.5 Å². The number of nitrogens with one attached hydrogen (secondary N) is 1. The normalized spacial score (nSPS) is 9.87. The van der Waals surface area contributed by atoms with E-state index in [9.17, 15) is 13.6 Å². The highest BCUT2D eigenvalue weighted by atomic mass is 79.9. The third kappa shape index (κ3) is 3.16. The second-order valence-corrected chi connectivity index (χ2v) is 3.58.